The summed E-state index contributed by atoms with van der Waals surface area (Å²) in [6.45, 7) is 3.31. The molecule has 1 unspecified atom stereocenters. The summed E-state index contributed by atoms with van der Waals surface area (Å²) in [6.07, 6.45) is 0. The first-order valence-electron chi connectivity index (χ1n) is 9.07. The van der Waals surface area contributed by atoms with Crippen LogP contribution in [-0.2, 0) is 0 Å². The number of hydrogen-bond acceptors (Lipinski definition) is 3. The predicted molar refractivity (Wildman–Crippen MR) is 113 cm³/mol. The first-order valence-corrected chi connectivity index (χ1v) is 9.44. The number of hydrogen-bond donors (Lipinski definition) is 2. The molecule has 0 aliphatic carbocycles. The number of anilines is 1. The van der Waals surface area contributed by atoms with Gasteiger partial charge in [-0.05, 0) is 35.9 Å². The molecule has 2 saturated heterocycles. The van der Waals surface area contributed by atoms with Crippen molar-refractivity contribution >= 4 is 41.6 Å². The van der Waals surface area contributed by atoms with Gasteiger partial charge in [0, 0.05) is 49.0 Å². The van der Waals surface area contributed by atoms with Crippen molar-refractivity contribution < 1.29 is 9.59 Å². The van der Waals surface area contributed by atoms with Gasteiger partial charge >= 0.3 is 6.03 Å². The first-order chi connectivity index (χ1) is 13.1. The lowest BCUT2D eigenvalue weighted by Gasteiger charge is -2.37. The van der Waals surface area contributed by atoms with Gasteiger partial charge in [-0.15, -0.1) is 12.4 Å². The third-order valence-electron chi connectivity index (χ3n) is 5.05. The molecule has 2 heterocycles. The molecule has 0 radical (unpaired) electrons. The molecule has 2 aliphatic heterocycles. The predicted octanol–water partition coefficient (Wildman–Crippen LogP) is 3.08. The molecule has 1 atom stereocenters. The van der Waals surface area contributed by atoms with E-state index in [1.54, 1.807) is 17.0 Å². The molecule has 28 heavy (non-hydrogen) atoms. The van der Waals surface area contributed by atoms with Gasteiger partial charge in [0.05, 0.1) is 6.04 Å². The maximum absolute atomic E-state index is 13.2. The van der Waals surface area contributed by atoms with Gasteiger partial charge in [0.2, 0.25) is 0 Å². The summed E-state index contributed by atoms with van der Waals surface area (Å²) in [4.78, 5) is 28.5. The summed E-state index contributed by atoms with van der Waals surface area (Å²) in [5.41, 5.74) is 2.35. The Hall–Kier alpha value is -2.28. The Kier molecular flexibility index (Phi) is 6.44. The molecule has 2 aromatic rings. The maximum Gasteiger partial charge on any atom is 0.321 e. The van der Waals surface area contributed by atoms with Crippen molar-refractivity contribution in [2.75, 3.05) is 37.6 Å². The lowest BCUT2D eigenvalue weighted by atomic mass is 10.0. The highest BCUT2D eigenvalue weighted by molar-refractivity contribution is 6.31. The van der Waals surface area contributed by atoms with E-state index in [0.29, 0.717) is 36.8 Å². The summed E-state index contributed by atoms with van der Waals surface area (Å²) >= 11 is 6.37. The van der Waals surface area contributed by atoms with Gasteiger partial charge in [-0.3, -0.25) is 9.69 Å². The second-order valence-corrected chi connectivity index (χ2v) is 7.08. The standard InChI is InChI=1S/C20H21ClN4O2.ClH/c21-17-4-2-1-3-16(17)18-13-22-9-11-25(18)19(26)14-5-7-15(8-6-14)24-12-10-23-20(24)27;/h1-8,18,22H,9-13H2,(H,23,27);1H. The van der Waals surface area contributed by atoms with Gasteiger partial charge in [-0.1, -0.05) is 29.8 Å². The van der Waals surface area contributed by atoms with E-state index >= 15 is 0 Å². The SMILES string of the molecule is Cl.O=C1NCCN1c1ccc(C(=O)N2CCNCC2c2ccccc2Cl)cc1. The minimum atomic E-state index is -0.107. The molecular weight excluding hydrogens is 399 g/mol. The van der Waals surface area contributed by atoms with Crippen LogP contribution >= 0.6 is 24.0 Å². The fraction of sp³-hybridized carbons (Fsp3) is 0.300. The highest BCUT2D eigenvalue weighted by atomic mass is 35.5. The number of carbonyl (C=O) groups is 2. The number of nitrogens with zero attached hydrogens (tertiary/aromatic N) is 2. The van der Waals surface area contributed by atoms with E-state index in [1.165, 1.54) is 0 Å². The van der Waals surface area contributed by atoms with E-state index in [4.69, 9.17) is 11.6 Å². The molecule has 0 saturated carbocycles. The summed E-state index contributed by atoms with van der Waals surface area (Å²) in [5, 5.41) is 6.79. The van der Waals surface area contributed by atoms with Crippen LogP contribution in [0.1, 0.15) is 22.0 Å². The number of nitrogens with one attached hydrogen (secondary N) is 2. The lowest BCUT2D eigenvalue weighted by molar-refractivity contribution is 0.0634. The van der Waals surface area contributed by atoms with Crippen LogP contribution in [0.3, 0.4) is 0 Å². The Morgan fingerprint density at radius 3 is 2.46 bits per heavy atom. The van der Waals surface area contributed by atoms with Crippen LogP contribution in [0, 0.1) is 0 Å². The van der Waals surface area contributed by atoms with Gasteiger partial charge in [0.1, 0.15) is 0 Å². The van der Waals surface area contributed by atoms with Crippen molar-refractivity contribution in [3.63, 3.8) is 0 Å². The summed E-state index contributed by atoms with van der Waals surface area (Å²) < 4.78 is 0. The molecule has 0 aromatic heterocycles. The summed E-state index contributed by atoms with van der Waals surface area (Å²) in [5.74, 6) is -0.0288. The van der Waals surface area contributed by atoms with Crippen molar-refractivity contribution in [3.8, 4) is 0 Å². The topological polar surface area (TPSA) is 64.7 Å². The molecular formula is C20H22Cl2N4O2. The Labute approximate surface area is 175 Å². The Morgan fingerprint density at radius 1 is 1.04 bits per heavy atom. The zero-order chi connectivity index (χ0) is 18.8. The van der Waals surface area contributed by atoms with Crippen LogP contribution < -0.4 is 15.5 Å². The molecule has 2 fully saturated rings. The zero-order valence-corrected chi connectivity index (χ0v) is 16.8. The average Bonchev–Trinajstić information content (AvgIpc) is 3.14. The minimum Gasteiger partial charge on any atom is -0.336 e. The number of benzene rings is 2. The minimum absolute atomic E-state index is 0. The quantitative estimate of drug-likeness (QED) is 0.801. The Morgan fingerprint density at radius 2 is 1.79 bits per heavy atom. The van der Waals surface area contributed by atoms with Crippen LogP contribution in [0.4, 0.5) is 10.5 Å². The van der Waals surface area contributed by atoms with E-state index < -0.39 is 0 Å². The number of rotatable bonds is 3. The number of urea groups is 1. The second kappa shape index (κ2) is 8.82. The van der Waals surface area contributed by atoms with Crippen molar-refractivity contribution in [3.05, 3.63) is 64.7 Å². The second-order valence-electron chi connectivity index (χ2n) is 6.67. The highest BCUT2D eigenvalue weighted by Gasteiger charge is 2.30. The molecule has 8 heteroatoms. The number of carbonyl (C=O) groups excluding carboxylic acids is 2. The molecule has 2 aromatic carbocycles. The van der Waals surface area contributed by atoms with Gasteiger partial charge in [-0.25, -0.2) is 4.79 Å². The van der Waals surface area contributed by atoms with Gasteiger partial charge in [0.15, 0.2) is 0 Å². The Balaban J connectivity index is 0.00000225. The summed E-state index contributed by atoms with van der Waals surface area (Å²) in [7, 11) is 0. The van der Waals surface area contributed by atoms with Crippen LogP contribution in [0.5, 0.6) is 0 Å². The number of halogens is 2. The van der Waals surface area contributed by atoms with E-state index in [9.17, 15) is 9.59 Å². The van der Waals surface area contributed by atoms with E-state index in [1.807, 2.05) is 41.3 Å². The molecule has 148 valence electrons. The third kappa shape index (κ3) is 3.94. The van der Waals surface area contributed by atoms with Crippen LogP contribution in [0.25, 0.3) is 0 Å². The fourth-order valence-electron chi connectivity index (χ4n) is 3.64. The molecule has 2 aliphatic rings. The molecule has 4 rings (SSSR count). The van der Waals surface area contributed by atoms with Crippen molar-refractivity contribution in [1.29, 1.82) is 0 Å². The number of amides is 3. The first kappa shape index (κ1) is 20.5. The molecule has 2 N–H and O–H groups in total. The van der Waals surface area contributed by atoms with Gasteiger partial charge < -0.3 is 15.5 Å². The van der Waals surface area contributed by atoms with E-state index in [-0.39, 0.29) is 30.4 Å². The largest absolute Gasteiger partial charge is 0.336 e. The molecule has 0 bridgehead atoms. The fourth-order valence-corrected chi connectivity index (χ4v) is 3.90. The molecule has 6 nitrogen and oxygen atoms in total. The van der Waals surface area contributed by atoms with Crippen molar-refractivity contribution in [2.45, 2.75) is 6.04 Å². The average molecular weight is 421 g/mol. The smallest absolute Gasteiger partial charge is 0.321 e. The molecule has 0 spiro atoms. The van der Waals surface area contributed by atoms with E-state index in [0.717, 1.165) is 17.8 Å². The van der Waals surface area contributed by atoms with Crippen LogP contribution in [-0.4, -0.2) is 49.6 Å². The zero-order valence-electron chi connectivity index (χ0n) is 15.2. The van der Waals surface area contributed by atoms with Gasteiger partial charge in [0.25, 0.3) is 5.91 Å². The lowest BCUT2D eigenvalue weighted by Crippen LogP contribution is -2.48. The van der Waals surface area contributed by atoms with Crippen LogP contribution in [0.2, 0.25) is 5.02 Å². The van der Waals surface area contributed by atoms with Crippen molar-refractivity contribution in [1.82, 2.24) is 15.5 Å². The third-order valence-corrected chi connectivity index (χ3v) is 5.40. The van der Waals surface area contributed by atoms with Crippen molar-refractivity contribution in [2.24, 2.45) is 0 Å². The molecule has 3 amide bonds. The normalized spacial score (nSPS) is 19.2. The van der Waals surface area contributed by atoms with Crippen LogP contribution in [0.15, 0.2) is 48.5 Å². The Bertz CT molecular complexity index is 860. The van der Waals surface area contributed by atoms with E-state index in [2.05, 4.69) is 10.6 Å². The monoisotopic (exact) mass is 420 g/mol. The maximum atomic E-state index is 13.2. The number of piperazine rings is 1. The summed E-state index contributed by atoms with van der Waals surface area (Å²) in [6, 6.07) is 14.7. The van der Waals surface area contributed by atoms with Gasteiger partial charge in [-0.2, -0.15) is 0 Å². The highest BCUT2D eigenvalue weighted by Crippen LogP contribution is 2.30.